The maximum absolute atomic E-state index is 2.48. The third kappa shape index (κ3) is 2.72. The van der Waals surface area contributed by atoms with Crippen molar-refractivity contribution in [2.75, 3.05) is 0 Å². The lowest BCUT2D eigenvalue weighted by Crippen LogP contribution is -2.27. The summed E-state index contributed by atoms with van der Waals surface area (Å²) < 4.78 is 0. The third-order valence-electron chi connectivity index (χ3n) is 8.66. The summed E-state index contributed by atoms with van der Waals surface area (Å²) in [7, 11) is 0. The minimum absolute atomic E-state index is 0.0785. The molecule has 4 aliphatic carbocycles. The van der Waals surface area contributed by atoms with Gasteiger partial charge >= 0.3 is 0 Å². The lowest BCUT2D eigenvalue weighted by molar-refractivity contribution is 0.530. The van der Waals surface area contributed by atoms with Crippen LogP contribution in [0.3, 0.4) is 0 Å². The first-order chi connectivity index (χ1) is 16.5. The topological polar surface area (TPSA) is 0 Å². The molecule has 0 heterocycles. The Morgan fingerprint density at radius 1 is 0.941 bits per heavy atom. The summed E-state index contributed by atoms with van der Waals surface area (Å²) in [5.74, 6) is 0. The second-order valence-electron chi connectivity index (χ2n) is 10.5. The third-order valence-corrected chi connectivity index (χ3v) is 8.66. The molecule has 2 aromatic rings. The van der Waals surface area contributed by atoms with E-state index in [9.17, 15) is 0 Å². The van der Waals surface area contributed by atoms with Crippen LogP contribution in [0.5, 0.6) is 0 Å². The summed E-state index contributed by atoms with van der Waals surface area (Å²) in [6.45, 7) is 9.29. The van der Waals surface area contributed by atoms with Crippen LogP contribution in [0.15, 0.2) is 96.2 Å². The van der Waals surface area contributed by atoms with E-state index in [1.165, 1.54) is 62.1 Å². The van der Waals surface area contributed by atoms with Crippen LogP contribution in [-0.4, -0.2) is 0 Å². The van der Waals surface area contributed by atoms with Gasteiger partial charge in [-0.3, -0.25) is 0 Å². The maximum Gasteiger partial charge on any atom is 0.0725 e. The Hall–Kier alpha value is -3.12. The quantitative estimate of drug-likeness (QED) is 0.445. The van der Waals surface area contributed by atoms with Gasteiger partial charge in [-0.1, -0.05) is 112 Å². The van der Waals surface area contributed by atoms with Crippen molar-refractivity contribution in [3.63, 3.8) is 0 Å². The zero-order valence-electron chi connectivity index (χ0n) is 20.9. The van der Waals surface area contributed by atoms with E-state index in [4.69, 9.17) is 0 Å². The van der Waals surface area contributed by atoms with Gasteiger partial charge in [0.15, 0.2) is 0 Å². The summed E-state index contributed by atoms with van der Waals surface area (Å²) in [4.78, 5) is 0. The van der Waals surface area contributed by atoms with Gasteiger partial charge in [-0.05, 0) is 81.9 Å². The maximum atomic E-state index is 2.48. The van der Waals surface area contributed by atoms with Crippen LogP contribution < -0.4 is 0 Å². The molecule has 0 aromatic heterocycles. The fraction of sp³-hybridized carbons (Fsp3) is 0.294. The van der Waals surface area contributed by atoms with Gasteiger partial charge < -0.3 is 0 Å². The van der Waals surface area contributed by atoms with Crippen molar-refractivity contribution in [3.8, 4) is 0 Å². The van der Waals surface area contributed by atoms with Gasteiger partial charge in [0.25, 0.3) is 0 Å². The van der Waals surface area contributed by atoms with Crippen LogP contribution in [0.1, 0.15) is 73.4 Å². The summed E-state index contributed by atoms with van der Waals surface area (Å²) >= 11 is 0. The molecule has 0 N–H and O–H groups in total. The minimum atomic E-state index is -0.253. The number of hydrogen-bond donors (Lipinski definition) is 0. The van der Waals surface area contributed by atoms with Gasteiger partial charge in [-0.2, -0.15) is 0 Å². The van der Waals surface area contributed by atoms with Gasteiger partial charge in [0.05, 0.1) is 5.41 Å². The molecular weight excluding hydrogens is 408 g/mol. The number of fused-ring (bicyclic) bond motifs is 9. The highest BCUT2D eigenvalue weighted by molar-refractivity contribution is 6.03. The zero-order chi connectivity index (χ0) is 23.5. The van der Waals surface area contributed by atoms with E-state index < -0.39 is 0 Å². The van der Waals surface area contributed by atoms with E-state index in [1.807, 2.05) is 0 Å². The normalized spacial score (nSPS) is 26.0. The lowest BCUT2D eigenvalue weighted by atomic mass is 9.68. The summed E-state index contributed by atoms with van der Waals surface area (Å²) in [5, 5.41) is 0. The Bertz CT molecular complexity index is 1380. The standard InChI is InChI=1S/C34H34/c1-5-12-24-17-18-31-32(23(24)3)27-19-21-33(4,6-2)22-20-30(27)34(31)28-15-9-7-8-13-25(28)26-14-10-11-16-29(26)34/h7,9-11,13-22H,5-6,8,12H2,1-4H3. The highest BCUT2D eigenvalue weighted by Crippen LogP contribution is 2.64. The van der Waals surface area contributed by atoms with Crippen LogP contribution in [0, 0.1) is 12.3 Å². The molecular formula is C34H34. The Morgan fingerprint density at radius 3 is 2.59 bits per heavy atom. The molecule has 4 aliphatic rings. The molecule has 2 unspecified atom stereocenters. The van der Waals surface area contributed by atoms with Crippen LogP contribution >= 0.6 is 0 Å². The van der Waals surface area contributed by atoms with Crippen LogP contribution in [0.4, 0.5) is 0 Å². The fourth-order valence-electron chi connectivity index (χ4n) is 6.64. The minimum Gasteiger partial charge on any atom is -0.0807 e. The average Bonchev–Trinajstić information content (AvgIpc) is 3.05. The Kier molecular flexibility index (Phi) is 4.85. The lowest BCUT2D eigenvalue weighted by Gasteiger charge is -2.32. The summed E-state index contributed by atoms with van der Waals surface area (Å²) in [6, 6.07) is 14.0. The molecule has 6 rings (SSSR count). The second kappa shape index (κ2) is 7.70. The first kappa shape index (κ1) is 21.4. The van der Waals surface area contributed by atoms with Crippen molar-refractivity contribution in [3.05, 3.63) is 130 Å². The van der Waals surface area contributed by atoms with Gasteiger partial charge in [0, 0.05) is 5.41 Å². The molecule has 0 radical (unpaired) electrons. The highest BCUT2D eigenvalue weighted by atomic mass is 14.5. The molecule has 0 saturated carbocycles. The number of hydrogen-bond acceptors (Lipinski definition) is 0. The van der Waals surface area contributed by atoms with E-state index in [0.29, 0.717) is 0 Å². The highest BCUT2D eigenvalue weighted by Gasteiger charge is 2.54. The van der Waals surface area contributed by atoms with Crippen molar-refractivity contribution in [2.45, 2.75) is 58.8 Å². The van der Waals surface area contributed by atoms with Gasteiger partial charge in [0.2, 0.25) is 0 Å². The van der Waals surface area contributed by atoms with Gasteiger partial charge in [-0.25, -0.2) is 0 Å². The molecule has 2 atom stereocenters. The fourth-order valence-corrected chi connectivity index (χ4v) is 6.64. The van der Waals surface area contributed by atoms with Gasteiger partial charge in [0.1, 0.15) is 0 Å². The monoisotopic (exact) mass is 442 g/mol. The molecule has 34 heavy (non-hydrogen) atoms. The molecule has 0 heteroatoms. The SMILES string of the molecule is CCCc1ccc2c(c1C)C1=C(C=CC(C)(CC)C=C1)C21C2=CC=CCC=C2c2ccccc21. The van der Waals surface area contributed by atoms with Crippen LogP contribution in [0.2, 0.25) is 0 Å². The molecule has 0 bridgehead atoms. The molecule has 2 aromatic carbocycles. The largest absolute Gasteiger partial charge is 0.0807 e. The zero-order valence-corrected chi connectivity index (χ0v) is 20.9. The average molecular weight is 443 g/mol. The first-order valence-electron chi connectivity index (χ1n) is 13.0. The molecule has 0 amide bonds. The molecule has 170 valence electrons. The van der Waals surface area contributed by atoms with Crippen molar-refractivity contribution in [1.29, 1.82) is 0 Å². The number of allylic oxidation sites excluding steroid dienone is 12. The van der Waals surface area contributed by atoms with E-state index in [1.54, 1.807) is 0 Å². The van der Waals surface area contributed by atoms with E-state index >= 15 is 0 Å². The predicted molar refractivity (Wildman–Crippen MR) is 146 cm³/mol. The van der Waals surface area contributed by atoms with Crippen molar-refractivity contribution in [1.82, 2.24) is 0 Å². The number of benzene rings is 2. The van der Waals surface area contributed by atoms with Crippen molar-refractivity contribution < 1.29 is 0 Å². The van der Waals surface area contributed by atoms with Crippen molar-refractivity contribution in [2.24, 2.45) is 5.41 Å². The Balaban J connectivity index is 1.76. The second-order valence-corrected chi connectivity index (χ2v) is 10.5. The molecule has 0 fully saturated rings. The van der Waals surface area contributed by atoms with Crippen molar-refractivity contribution >= 4 is 11.1 Å². The smallest absolute Gasteiger partial charge is 0.0725 e. The first-order valence-corrected chi connectivity index (χ1v) is 13.0. The summed E-state index contributed by atoms with van der Waals surface area (Å²) in [5.41, 5.74) is 14.3. The predicted octanol–water partition coefficient (Wildman–Crippen LogP) is 8.83. The number of rotatable bonds is 3. The van der Waals surface area contributed by atoms with Crippen LogP contribution in [0.25, 0.3) is 11.1 Å². The Labute approximate surface area is 204 Å². The molecule has 0 saturated heterocycles. The van der Waals surface area contributed by atoms with Crippen LogP contribution in [-0.2, 0) is 11.8 Å². The van der Waals surface area contributed by atoms with E-state index in [-0.39, 0.29) is 10.8 Å². The summed E-state index contributed by atoms with van der Waals surface area (Å²) in [6.07, 6.45) is 23.6. The molecule has 0 aliphatic heterocycles. The van der Waals surface area contributed by atoms with E-state index in [0.717, 1.165) is 19.3 Å². The van der Waals surface area contributed by atoms with E-state index in [2.05, 4.69) is 113 Å². The molecule has 1 spiro atoms. The van der Waals surface area contributed by atoms with Gasteiger partial charge in [-0.15, -0.1) is 0 Å². The number of aryl methyl sites for hydroxylation is 1. The molecule has 0 nitrogen and oxygen atoms in total. The Morgan fingerprint density at radius 2 is 1.76 bits per heavy atom.